The van der Waals surface area contributed by atoms with E-state index in [9.17, 15) is 0 Å². The monoisotopic (exact) mass is 323 g/mol. The number of hydrogen-bond acceptors (Lipinski definition) is 6. The van der Waals surface area contributed by atoms with Crippen LogP contribution in [0.3, 0.4) is 0 Å². The van der Waals surface area contributed by atoms with Crippen molar-refractivity contribution in [2.45, 2.75) is 59.2 Å². The Hall–Kier alpha value is -1.56. The van der Waals surface area contributed by atoms with E-state index in [0.717, 1.165) is 19.6 Å². The third-order valence-electron chi connectivity index (χ3n) is 3.52. The van der Waals surface area contributed by atoms with E-state index in [0.29, 0.717) is 24.1 Å². The predicted octanol–water partition coefficient (Wildman–Crippen LogP) is 2.92. The van der Waals surface area contributed by atoms with Gasteiger partial charge in [-0.05, 0) is 53.6 Å². The Morgan fingerprint density at radius 2 is 1.70 bits per heavy atom. The summed E-state index contributed by atoms with van der Waals surface area (Å²) in [6, 6.07) is 1.76. The first-order chi connectivity index (χ1) is 11.0. The minimum absolute atomic E-state index is 0.0191. The smallest absolute Gasteiger partial charge is 0.276 e. The molecule has 23 heavy (non-hydrogen) atoms. The van der Waals surface area contributed by atoms with Gasteiger partial charge in [-0.2, -0.15) is 0 Å². The number of rotatable bonds is 8. The van der Waals surface area contributed by atoms with E-state index in [1.54, 1.807) is 6.07 Å². The molecular weight excluding hydrogens is 294 g/mol. The molecule has 6 nitrogen and oxygen atoms in total. The van der Waals surface area contributed by atoms with Crippen LogP contribution in [0.15, 0.2) is 6.07 Å². The van der Waals surface area contributed by atoms with Gasteiger partial charge in [-0.25, -0.2) is 0 Å². The minimum Gasteiger partial charge on any atom is -0.486 e. The molecule has 1 aliphatic rings. The third-order valence-corrected chi connectivity index (χ3v) is 3.52. The average molecular weight is 323 g/mol. The molecule has 0 spiro atoms. The third kappa shape index (κ3) is 6.22. The topological polar surface area (TPSA) is 56.7 Å². The van der Waals surface area contributed by atoms with Crippen molar-refractivity contribution in [2.75, 3.05) is 26.2 Å². The van der Waals surface area contributed by atoms with Crippen LogP contribution in [-0.4, -0.2) is 53.5 Å². The first kappa shape index (κ1) is 17.8. The fraction of sp³-hybridized carbons (Fsp3) is 0.765. The largest absolute Gasteiger partial charge is 0.486 e. The van der Waals surface area contributed by atoms with Gasteiger partial charge < -0.3 is 14.2 Å². The molecule has 1 aromatic rings. The molecule has 0 atom stereocenters. The van der Waals surface area contributed by atoms with Crippen LogP contribution >= 0.6 is 0 Å². The Labute approximate surface area is 139 Å². The van der Waals surface area contributed by atoms with E-state index in [1.165, 1.54) is 19.3 Å². The van der Waals surface area contributed by atoms with Crippen molar-refractivity contribution in [3.8, 4) is 17.5 Å². The number of ether oxygens (including phenoxy) is 3. The quantitative estimate of drug-likeness (QED) is 0.733. The zero-order valence-corrected chi connectivity index (χ0v) is 14.7. The van der Waals surface area contributed by atoms with E-state index in [2.05, 4.69) is 15.1 Å². The Morgan fingerprint density at radius 1 is 1.00 bits per heavy atom. The highest BCUT2D eigenvalue weighted by molar-refractivity contribution is 5.35. The maximum atomic E-state index is 5.91. The summed E-state index contributed by atoms with van der Waals surface area (Å²) in [6.07, 6.45) is 3.97. The molecule has 0 amide bonds. The van der Waals surface area contributed by atoms with Crippen LogP contribution in [0.2, 0.25) is 0 Å². The number of hydrogen-bond donors (Lipinski definition) is 0. The second-order valence-electron chi connectivity index (χ2n) is 6.44. The predicted molar refractivity (Wildman–Crippen MR) is 89.3 cm³/mol. The molecule has 0 saturated carbocycles. The first-order valence-corrected chi connectivity index (χ1v) is 8.61. The lowest BCUT2D eigenvalue weighted by molar-refractivity contribution is 0.168. The summed E-state index contributed by atoms with van der Waals surface area (Å²) in [7, 11) is 0. The molecular formula is C17H29N3O3. The molecule has 0 aliphatic carbocycles. The van der Waals surface area contributed by atoms with Gasteiger partial charge in [0.25, 0.3) is 5.88 Å². The van der Waals surface area contributed by atoms with Crippen molar-refractivity contribution < 1.29 is 14.2 Å². The zero-order valence-electron chi connectivity index (χ0n) is 14.7. The molecule has 2 rings (SSSR count). The molecule has 0 unspecified atom stereocenters. The number of piperidine rings is 1. The van der Waals surface area contributed by atoms with E-state index < -0.39 is 0 Å². The highest BCUT2D eigenvalue weighted by Gasteiger charge is 2.15. The second-order valence-corrected chi connectivity index (χ2v) is 6.44. The fourth-order valence-electron chi connectivity index (χ4n) is 2.52. The van der Waals surface area contributed by atoms with E-state index in [1.807, 2.05) is 27.7 Å². The molecule has 0 bridgehead atoms. The Morgan fingerprint density at radius 3 is 2.35 bits per heavy atom. The standard InChI is InChI=1S/C17H29N3O3/c1-13(2)22-16-12-15(17(19-18-16)23-14(3)4)21-11-10-20-8-6-5-7-9-20/h12-14H,5-11H2,1-4H3. The summed E-state index contributed by atoms with van der Waals surface area (Å²) in [4.78, 5) is 2.44. The Bertz CT molecular complexity index is 474. The normalized spacial score (nSPS) is 15.9. The van der Waals surface area contributed by atoms with E-state index in [4.69, 9.17) is 14.2 Å². The minimum atomic E-state index is 0.0191. The van der Waals surface area contributed by atoms with Crippen molar-refractivity contribution in [3.63, 3.8) is 0 Å². The van der Waals surface area contributed by atoms with Crippen molar-refractivity contribution in [3.05, 3.63) is 6.07 Å². The van der Waals surface area contributed by atoms with Crippen LogP contribution in [-0.2, 0) is 0 Å². The number of nitrogens with zero attached hydrogens (tertiary/aromatic N) is 3. The fourth-order valence-corrected chi connectivity index (χ4v) is 2.52. The summed E-state index contributed by atoms with van der Waals surface area (Å²) < 4.78 is 17.2. The highest BCUT2D eigenvalue weighted by Crippen LogP contribution is 2.28. The van der Waals surface area contributed by atoms with Crippen LogP contribution in [0.1, 0.15) is 47.0 Å². The summed E-state index contributed by atoms with van der Waals surface area (Å²) in [5.74, 6) is 1.49. The molecule has 1 aliphatic heterocycles. The number of aromatic nitrogens is 2. The average Bonchev–Trinajstić information content (AvgIpc) is 2.50. The van der Waals surface area contributed by atoms with Gasteiger partial charge in [0.15, 0.2) is 5.75 Å². The van der Waals surface area contributed by atoms with Gasteiger partial charge >= 0.3 is 0 Å². The maximum Gasteiger partial charge on any atom is 0.276 e. The summed E-state index contributed by atoms with van der Waals surface area (Å²) >= 11 is 0. The van der Waals surface area contributed by atoms with Crippen LogP contribution in [0.25, 0.3) is 0 Å². The van der Waals surface area contributed by atoms with Gasteiger partial charge in [-0.1, -0.05) is 6.42 Å². The molecule has 6 heteroatoms. The van der Waals surface area contributed by atoms with Crippen molar-refractivity contribution in [1.29, 1.82) is 0 Å². The summed E-state index contributed by atoms with van der Waals surface area (Å²) in [5, 5.41) is 8.14. The van der Waals surface area contributed by atoms with Gasteiger partial charge in [-0.3, -0.25) is 4.90 Å². The summed E-state index contributed by atoms with van der Waals surface area (Å²) in [6.45, 7) is 11.7. The van der Waals surface area contributed by atoms with Gasteiger partial charge in [0.1, 0.15) is 6.61 Å². The molecule has 1 aromatic heterocycles. The van der Waals surface area contributed by atoms with Crippen molar-refractivity contribution in [2.24, 2.45) is 0 Å². The van der Waals surface area contributed by atoms with Gasteiger partial charge in [0, 0.05) is 12.6 Å². The highest BCUT2D eigenvalue weighted by atomic mass is 16.5. The van der Waals surface area contributed by atoms with Crippen LogP contribution < -0.4 is 14.2 Å². The van der Waals surface area contributed by atoms with Crippen LogP contribution in [0, 0.1) is 0 Å². The van der Waals surface area contributed by atoms with Crippen LogP contribution in [0.4, 0.5) is 0 Å². The number of likely N-dealkylation sites (tertiary alicyclic amines) is 1. The second kappa shape index (κ2) is 8.91. The van der Waals surface area contributed by atoms with Gasteiger partial charge in [0.2, 0.25) is 5.88 Å². The van der Waals surface area contributed by atoms with E-state index in [-0.39, 0.29) is 12.2 Å². The van der Waals surface area contributed by atoms with Gasteiger partial charge in [0.05, 0.1) is 12.2 Å². The molecule has 0 N–H and O–H groups in total. The molecule has 2 heterocycles. The maximum absolute atomic E-state index is 5.91. The van der Waals surface area contributed by atoms with Crippen molar-refractivity contribution >= 4 is 0 Å². The SMILES string of the molecule is CC(C)Oc1cc(OCCN2CCCCC2)c(OC(C)C)nn1. The molecule has 0 aromatic carbocycles. The summed E-state index contributed by atoms with van der Waals surface area (Å²) in [5.41, 5.74) is 0. The molecule has 1 fully saturated rings. The zero-order chi connectivity index (χ0) is 16.7. The lowest BCUT2D eigenvalue weighted by Crippen LogP contribution is -2.33. The Kier molecular flexibility index (Phi) is 6.89. The first-order valence-electron chi connectivity index (χ1n) is 8.61. The van der Waals surface area contributed by atoms with Crippen LogP contribution in [0.5, 0.6) is 17.5 Å². The molecule has 0 radical (unpaired) electrons. The molecule has 1 saturated heterocycles. The molecule has 130 valence electrons. The lowest BCUT2D eigenvalue weighted by Gasteiger charge is -2.26. The Balaban J connectivity index is 1.97. The van der Waals surface area contributed by atoms with E-state index >= 15 is 0 Å². The van der Waals surface area contributed by atoms with Gasteiger partial charge in [-0.15, -0.1) is 10.2 Å². The lowest BCUT2D eigenvalue weighted by atomic mass is 10.1. The van der Waals surface area contributed by atoms with Crippen molar-refractivity contribution in [1.82, 2.24) is 15.1 Å².